The van der Waals surface area contributed by atoms with Crippen molar-refractivity contribution in [1.29, 1.82) is 0 Å². The zero-order valence-corrected chi connectivity index (χ0v) is 9.39. The Morgan fingerprint density at radius 3 is 2.75 bits per heavy atom. The fraction of sp³-hybridized carbons (Fsp3) is 0.333. The minimum atomic E-state index is 0.708. The van der Waals surface area contributed by atoms with Crippen LogP contribution in [-0.2, 0) is 0 Å². The molecule has 1 nitrogen and oxygen atoms in total. The minimum absolute atomic E-state index is 0.708. The smallest absolute Gasteiger partial charge is 0.0479 e. The van der Waals surface area contributed by atoms with E-state index in [2.05, 4.69) is 27.9 Å². The molecule has 1 aromatic rings. The molecule has 0 aromatic heterocycles. The number of nitrogens with one attached hydrogen (secondary N) is 1. The third kappa shape index (κ3) is 2.04. The quantitative estimate of drug-likeness (QED) is 0.823. The molecule has 1 aliphatic carbocycles. The molecule has 64 valence electrons. The van der Waals surface area contributed by atoms with Crippen LogP contribution in [0.5, 0.6) is 0 Å². The summed E-state index contributed by atoms with van der Waals surface area (Å²) >= 11 is 8.14. The Morgan fingerprint density at radius 1 is 1.42 bits per heavy atom. The van der Waals surface area contributed by atoms with E-state index in [-0.39, 0.29) is 0 Å². The van der Waals surface area contributed by atoms with Gasteiger partial charge in [-0.25, -0.2) is 0 Å². The van der Waals surface area contributed by atoms with Gasteiger partial charge in [-0.2, -0.15) is 0 Å². The van der Waals surface area contributed by atoms with Gasteiger partial charge in [0, 0.05) is 20.3 Å². The van der Waals surface area contributed by atoms with Crippen molar-refractivity contribution < 1.29 is 0 Å². The Kier molecular flexibility index (Phi) is 2.46. The van der Waals surface area contributed by atoms with E-state index in [0.717, 1.165) is 5.02 Å². The van der Waals surface area contributed by atoms with Gasteiger partial charge in [0.1, 0.15) is 0 Å². The van der Waals surface area contributed by atoms with Crippen LogP contribution in [0.1, 0.15) is 12.8 Å². The summed E-state index contributed by atoms with van der Waals surface area (Å²) in [5, 5.41) is 4.25. The van der Waals surface area contributed by atoms with E-state index in [9.17, 15) is 0 Å². The predicted octanol–water partition coefficient (Wildman–Crippen LogP) is 3.52. The van der Waals surface area contributed by atoms with E-state index in [4.69, 9.17) is 11.6 Å². The van der Waals surface area contributed by atoms with Crippen LogP contribution in [0.2, 0.25) is 5.02 Å². The Labute approximate surface area is 90.6 Å². The lowest BCUT2D eigenvalue weighted by Crippen LogP contribution is -2.01. The molecule has 1 aromatic carbocycles. The summed E-state index contributed by atoms with van der Waals surface area (Å²) in [5.74, 6) is 0. The van der Waals surface area contributed by atoms with E-state index in [1.165, 1.54) is 22.1 Å². The van der Waals surface area contributed by atoms with E-state index in [1.54, 1.807) is 0 Å². The van der Waals surface area contributed by atoms with Crippen LogP contribution < -0.4 is 5.32 Å². The Morgan fingerprint density at radius 2 is 2.17 bits per heavy atom. The van der Waals surface area contributed by atoms with Gasteiger partial charge in [0.25, 0.3) is 0 Å². The van der Waals surface area contributed by atoms with Crippen molar-refractivity contribution in [3.63, 3.8) is 0 Å². The molecule has 3 heteroatoms. The van der Waals surface area contributed by atoms with Crippen LogP contribution >= 0.6 is 34.2 Å². The maximum atomic E-state index is 5.84. The molecule has 0 saturated heterocycles. The Bertz CT molecular complexity index is 297. The van der Waals surface area contributed by atoms with E-state index >= 15 is 0 Å². The molecule has 1 aliphatic rings. The van der Waals surface area contributed by atoms with Gasteiger partial charge in [0.2, 0.25) is 0 Å². The van der Waals surface area contributed by atoms with Crippen LogP contribution in [0.15, 0.2) is 18.2 Å². The number of rotatable bonds is 2. The van der Waals surface area contributed by atoms with E-state index in [1.807, 2.05) is 18.2 Å². The highest BCUT2D eigenvalue weighted by atomic mass is 127. The summed E-state index contributed by atoms with van der Waals surface area (Å²) in [7, 11) is 0. The van der Waals surface area contributed by atoms with Crippen molar-refractivity contribution in [3.8, 4) is 0 Å². The lowest BCUT2D eigenvalue weighted by molar-refractivity contribution is 1.15. The van der Waals surface area contributed by atoms with Gasteiger partial charge in [0.05, 0.1) is 0 Å². The second kappa shape index (κ2) is 3.42. The molecule has 1 N–H and O–H groups in total. The molecular formula is C9H9ClIN. The molecule has 0 bridgehead atoms. The second-order valence-electron chi connectivity index (χ2n) is 3.04. The Hall–Kier alpha value is 0.0400. The molecule has 0 amide bonds. The molecule has 0 atom stereocenters. The maximum Gasteiger partial charge on any atom is 0.0479 e. The van der Waals surface area contributed by atoms with Crippen LogP contribution in [0, 0.1) is 3.57 Å². The van der Waals surface area contributed by atoms with Gasteiger partial charge < -0.3 is 5.32 Å². The highest BCUT2D eigenvalue weighted by Gasteiger charge is 2.21. The average molecular weight is 294 g/mol. The summed E-state index contributed by atoms with van der Waals surface area (Å²) in [5.41, 5.74) is 1.21. The van der Waals surface area contributed by atoms with Crippen molar-refractivity contribution in [2.24, 2.45) is 0 Å². The predicted molar refractivity (Wildman–Crippen MR) is 60.8 cm³/mol. The zero-order chi connectivity index (χ0) is 8.55. The van der Waals surface area contributed by atoms with Crippen LogP contribution in [0.3, 0.4) is 0 Å². The van der Waals surface area contributed by atoms with Crippen molar-refractivity contribution >= 4 is 39.9 Å². The monoisotopic (exact) mass is 293 g/mol. The summed E-state index contributed by atoms with van der Waals surface area (Å²) in [6.45, 7) is 0. The molecule has 12 heavy (non-hydrogen) atoms. The SMILES string of the molecule is Clc1ccc(NC2CC2)c(I)c1. The summed E-state index contributed by atoms with van der Waals surface area (Å²) in [6.07, 6.45) is 2.61. The first-order valence-electron chi connectivity index (χ1n) is 3.97. The van der Waals surface area contributed by atoms with Gasteiger partial charge in [-0.05, 0) is 53.6 Å². The van der Waals surface area contributed by atoms with Gasteiger partial charge >= 0.3 is 0 Å². The third-order valence-electron chi connectivity index (χ3n) is 1.87. The average Bonchev–Trinajstić information content (AvgIpc) is 2.79. The largest absolute Gasteiger partial charge is 0.381 e. The van der Waals surface area contributed by atoms with E-state index in [0.29, 0.717) is 6.04 Å². The molecule has 0 unspecified atom stereocenters. The van der Waals surface area contributed by atoms with Crippen LogP contribution in [0.4, 0.5) is 5.69 Å². The van der Waals surface area contributed by atoms with Crippen LogP contribution in [-0.4, -0.2) is 6.04 Å². The zero-order valence-electron chi connectivity index (χ0n) is 6.48. The molecule has 0 heterocycles. The number of halogens is 2. The highest BCUT2D eigenvalue weighted by Crippen LogP contribution is 2.28. The first kappa shape index (κ1) is 8.63. The molecule has 0 radical (unpaired) electrons. The van der Waals surface area contributed by atoms with Gasteiger partial charge in [-0.15, -0.1) is 0 Å². The number of hydrogen-bond donors (Lipinski definition) is 1. The lowest BCUT2D eigenvalue weighted by Gasteiger charge is -2.06. The van der Waals surface area contributed by atoms with Gasteiger partial charge in [-0.3, -0.25) is 0 Å². The molecular weight excluding hydrogens is 284 g/mol. The topological polar surface area (TPSA) is 12.0 Å². The maximum absolute atomic E-state index is 5.84. The molecule has 1 saturated carbocycles. The van der Waals surface area contributed by atoms with Crippen molar-refractivity contribution in [3.05, 3.63) is 26.8 Å². The number of hydrogen-bond acceptors (Lipinski definition) is 1. The first-order chi connectivity index (χ1) is 5.75. The van der Waals surface area contributed by atoms with Crippen molar-refractivity contribution in [1.82, 2.24) is 0 Å². The number of anilines is 1. The van der Waals surface area contributed by atoms with Crippen molar-refractivity contribution in [2.75, 3.05) is 5.32 Å². The third-order valence-corrected chi connectivity index (χ3v) is 3.00. The molecule has 0 spiro atoms. The standard InChI is InChI=1S/C9H9ClIN/c10-6-1-4-9(8(11)5-6)12-7-2-3-7/h1,4-5,7,12H,2-3H2. The summed E-state index contributed by atoms with van der Waals surface area (Å²) in [4.78, 5) is 0. The second-order valence-corrected chi connectivity index (χ2v) is 4.64. The van der Waals surface area contributed by atoms with Crippen LogP contribution in [0.25, 0.3) is 0 Å². The fourth-order valence-corrected chi connectivity index (χ4v) is 2.08. The molecule has 0 aliphatic heterocycles. The Balaban J connectivity index is 2.18. The highest BCUT2D eigenvalue weighted by molar-refractivity contribution is 14.1. The summed E-state index contributed by atoms with van der Waals surface area (Å²) in [6, 6.07) is 6.66. The van der Waals surface area contributed by atoms with Gasteiger partial charge in [-0.1, -0.05) is 11.6 Å². The molecule has 1 fully saturated rings. The van der Waals surface area contributed by atoms with E-state index < -0.39 is 0 Å². The van der Waals surface area contributed by atoms with Gasteiger partial charge in [0.15, 0.2) is 0 Å². The van der Waals surface area contributed by atoms with Crippen molar-refractivity contribution in [2.45, 2.75) is 18.9 Å². The normalized spacial score (nSPS) is 16.2. The first-order valence-corrected chi connectivity index (χ1v) is 5.43. The molecule has 2 rings (SSSR count). The minimum Gasteiger partial charge on any atom is -0.381 e. The fourth-order valence-electron chi connectivity index (χ4n) is 1.05. The summed E-state index contributed by atoms with van der Waals surface area (Å²) < 4.78 is 1.20. The lowest BCUT2D eigenvalue weighted by atomic mass is 10.3. The number of benzene rings is 1.